The molecular formula is C14H17ClO2S. The number of halogens is 1. The van der Waals surface area contributed by atoms with Gasteiger partial charge in [-0.15, -0.1) is 11.6 Å². The van der Waals surface area contributed by atoms with Crippen molar-refractivity contribution in [2.24, 2.45) is 0 Å². The van der Waals surface area contributed by atoms with Gasteiger partial charge in [-0.3, -0.25) is 0 Å². The molecule has 1 aliphatic rings. The fourth-order valence-electron chi connectivity index (χ4n) is 2.08. The minimum atomic E-state index is -3.25. The van der Waals surface area contributed by atoms with Gasteiger partial charge in [0.15, 0.2) is 14.5 Å². The summed E-state index contributed by atoms with van der Waals surface area (Å²) in [5.41, 5.74) is 1.67. The first-order valence-corrected chi connectivity index (χ1v) is 8.37. The van der Waals surface area contributed by atoms with Crippen LogP contribution < -0.4 is 0 Å². The van der Waals surface area contributed by atoms with Gasteiger partial charge in [-0.2, -0.15) is 0 Å². The summed E-state index contributed by atoms with van der Waals surface area (Å²) in [5, 5.41) is 0. The van der Waals surface area contributed by atoms with E-state index in [1.165, 1.54) is 0 Å². The smallest absolute Gasteiger partial charge is 0.171 e. The molecule has 2 bridgehead atoms. The van der Waals surface area contributed by atoms with Gasteiger partial charge in [-0.25, -0.2) is 8.42 Å². The summed E-state index contributed by atoms with van der Waals surface area (Å²) in [5.74, 6) is 0.176. The summed E-state index contributed by atoms with van der Waals surface area (Å²) in [6, 6.07) is 7.44. The van der Waals surface area contributed by atoms with E-state index in [1.807, 2.05) is 24.3 Å². The Balaban J connectivity index is 2.38. The Kier molecular flexibility index (Phi) is 4.46. The lowest BCUT2D eigenvalue weighted by molar-refractivity contribution is 0.587. The molecular weight excluding hydrogens is 268 g/mol. The molecule has 1 aromatic carbocycles. The fourth-order valence-corrected chi connectivity index (χ4v) is 3.85. The van der Waals surface area contributed by atoms with Gasteiger partial charge < -0.3 is 0 Å². The summed E-state index contributed by atoms with van der Waals surface area (Å²) in [7, 11) is -3.25. The highest BCUT2D eigenvalue weighted by Crippen LogP contribution is 2.29. The van der Waals surface area contributed by atoms with E-state index in [4.69, 9.17) is 11.6 Å². The summed E-state index contributed by atoms with van der Waals surface area (Å²) >= 11 is 6.11. The predicted molar refractivity (Wildman–Crippen MR) is 76.3 cm³/mol. The second kappa shape index (κ2) is 5.89. The normalized spacial score (nSPS) is 25.7. The molecule has 0 aliphatic carbocycles. The second-order valence-electron chi connectivity index (χ2n) is 4.60. The monoisotopic (exact) mass is 284 g/mol. The third kappa shape index (κ3) is 3.36. The van der Waals surface area contributed by atoms with E-state index in [9.17, 15) is 8.42 Å². The van der Waals surface area contributed by atoms with Gasteiger partial charge in [0.05, 0.1) is 5.75 Å². The van der Waals surface area contributed by atoms with Crippen molar-refractivity contribution in [2.75, 3.05) is 5.75 Å². The van der Waals surface area contributed by atoms with Gasteiger partial charge in [-0.1, -0.05) is 36.8 Å². The Bertz CT molecular complexity index is 534. The summed E-state index contributed by atoms with van der Waals surface area (Å²) in [4.78, 5) is 0. The van der Waals surface area contributed by atoms with Crippen molar-refractivity contribution in [1.29, 1.82) is 0 Å². The lowest BCUT2D eigenvalue weighted by atomic mass is 10.1. The number of allylic oxidation sites excluding steroid dienone is 1. The number of rotatable bonds is 0. The maximum atomic E-state index is 12.1. The molecule has 1 aromatic rings. The SMILES string of the molecule is O=S1(=O)CCCCC/C=C\c2cccc(c2)C1Cl. The van der Waals surface area contributed by atoms with Crippen LogP contribution in [-0.4, -0.2) is 14.2 Å². The molecule has 1 aliphatic heterocycles. The highest BCUT2D eigenvalue weighted by atomic mass is 35.5. The zero-order valence-corrected chi connectivity index (χ0v) is 11.8. The summed E-state index contributed by atoms with van der Waals surface area (Å²) in [6.45, 7) is 0. The number of sulfone groups is 1. The van der Waals surface area contributed by atoms with Crippen molar-refractivity contribution in [3.8, 4) is 0 Å². The minimum absolute atomic E-state index is 0.176. The van der Waals surface area contributed by atoms with E-state index in [2.05, 4.69) is 6.08 Å². The van der Waals surface area contributed by atoms with Crippen LogP contribution in [0.4, 0.5) is 0 Å². The number of hydrogen-bond donors (Lipinski definition) is 0. The maximum Gasteiger partial charge on any atom is 0.171 e. The van der Waals surface area contributed by atoms with Crippen LogP contribution in [0.2, 0.25) is 0 Å². The van der Waals surface area contributed by atoms with Crippen molar-refractivity contribution in [3.05, 3.63) is 41.5 Å². The van der Waals surface area contributed by atoms with Crippen LogP contribution in [0.15, 0.2) is 30.3 Å². The standard InChI is InChI=1S/C14H17ClO2S/c15-14-13-9-6-8-12(11-13)7-4-2-1-3-5-10-18(14,16)17/h4,6-9,11,14H,1-3,5,10H2/b7-4-. The van der Waals surface area contributed by atoms with E-state index >= 15 is 0 Å². The quantitative estimate of drug-likeness (QED) is 0.677. The number of fused-ring (bicyclic) bond motifs is 2. The molecule has 2 rings (SSSR count). The summed E-state index contributed by atoms with van der Waals surface area (Å²) in [6.07, 6.45) is 7.81. The molecule has 0 aromatic heterocycles. The van der Waals surface area contributed by atoms with Crippen molar-refractivity contribution in [3.63, 3.8) is 0 Å². The minimum Gasteiger partial charge on any atom is -0.227 e. The van der Waals surface area contributed by atoms with Crippen LogP contribution in [-0.2, 0) is 9.84 Å². The van der Waals surface area contributed by atoms with Crippen LogP contribution in [0.3, 0.4) is 0 Å². The van der Waals surface area contributed by atoms with Gasteiger partial charge in [0.25, 0.3) is 0 Å². The highest BCUT2D eigenvalue weighted by molar-refractivity contribution is 7.92. The molecule has 0 fully saturated rings. The lowest BCUT2D eigenvalue weighted by Crippen LogP contribution is -2.13. The molecule has 0 spiro atoms. The topological polar surface area (TPSA) is 34.1 Å². The van der Waals surface area contributed by atoms with Crippen LogP contribution >= 0.6 is 11.6 Å². The molecule has 1 heterocycles. The average molecular weight is 285 g/mol. The molecule has 1 atom stereocenters. The first-order chi connectivity index (χ1) is 8.59. The van der Waals surface area contributed by atoms with E-state index in [-0.39, 0.29) is 5.75 Å². The van der Waals surface area contributed by atoms with E-state index < -0.39 is 14.5 Å². The molecule has 2 nitrogen and oxygen atoms in total. The maximum absolute atomic E-state index is 12.1. The van der Waals surface area contributed by atoms with Crippen LogP contribution in [0.25, 0.3) is 6.08 Å². The molecule has 0 amide bonds. The Morgan fingerprint density at radius 1 is 1.17 bits per heavy atom. The van der Waals surface area contributed by atoms with Gasteiger partial charge in [0.1, 0.15) is 0 Å². The Hall–Kier alpha value is -0.800. The lowest BCUT2D eigenvalue weighted by Gasteiger charge is -2.12. The van der Waals surface area contributed by atoms with Gasteiger partial charge >= 0.3 is 0 Å². The first-order valence-electron chi connectivity index (χ1n) is 6.22. The predicted octanol–water partition coefficient (Wildman–Crippen LogP) is 3.93. The molecule has 4 heteroatoms. The molecule has 0 saturated heterocycles. The molecule has 0 N–H and O–H groups in total. The average Bonchev–Trinajstić information content (AvgIpc) is 2.36. The van der Waals surface area contributed by atoms with Crippen LogP contribution in [0, 0.1) is 0 Å². The third-order valence-corrected chi connectivity index (χ3v) is 5.92. The number of hydrogen-bond acceptors (Lipinski definition) is 2. The molecule has 0 saturated carbocycles. The second-order valence-corrected chi connectivity index (χ2v) is 7.51. The molecule has 98 valence electrons. The zero-order valence-electron chi connectivity index (χ0n) is 10.2. The first kappa shape index (κ1) is 13.6. The van der Waals surface area contributed by atoms with Crippen molar-refractivity contribution < 1.29 is 8.42 Å². The number of benzene rings is 1. The Morgan fingerprint density at radius 2 is 2.00 bits per heavy atom. The van der Waals surface area contributed by atoms with Crippen molar-refractivity contribution in [1.82, 2.24) is 0 Å². The fraction of sp³-hybridized carbons (Fsp3) is 0.429. The highest BCUT2D eigenvalue weighted by Gasteiger charge is 2.24. The third-order valence-electron chi connectivity index (χ3n) is 3.10. The van der Waals surface area contributed by atoms with Crippen LogP contribution in [0.1, 0.15) is 41.5 Å². The Labute approximate surface area is 114 Å². The Morgan fingerprint density at radius 3 is 2.83 bits per heavy atom. The van der Waals surface area contributed by atoms with Crippen molar-refractivity contribution >= 4 is 27.5 Å². The zero-order chi connectivity index (χ0) is 13.0. The molecule has 0 radical (unpaired) electrons. The molecule has 1 unspecified atom stereocenters. The van der Waals surface area contributed by atoms with E-state index in [0.717, 1.165) is 24.8 Å². The summed E-state index contributed by atoms with van der Waals surface area (Å²) < 4.78 is 23.2. The van der Waals surface area contributed by atoms with Crippen molar-refractivity contribution in [2.45, 2.75) is 30.4 Å². The largest absolute Gasteiger partial charge is 0.227 e. The number of alkyl halides is 1. The van der Waals surface area contributed by atoms with E-state index in [0.29, 0.717) is 12.0 Å². The van der Waals surface area contributed by atoms with Gasteiger partial charge in [-0.05, 0) is 36.5 Å². The van der Waals surface area contributed by atoms with Crippen LogP contribution in [0.5, 0.6) is 0 Å². The van der Waals surface area contributed by atoms with Gasteiger partial charge in [0.2, 0.25) is 0 Å². The van der Waals surface area contributed by atoms with Gasteiger partial charge in [0, 0.05) is 0 Å². The van der Waals surface area contributed by atoms with E-state index in [1.54, 1.807) is 6.07 Å². The molecule has 18 heavy (non-hydrogen) atoms.